The molecule has 0 unspecified atom stereocenters. The van der Waals surface area contributed by atoms with Gasteiger partial charge in [-0.25, -0.2) is 0 Å². The number of nitrogens with zero attached hydrogens (tertiary/aromatic N) is 1. The van der Waals surface area contributed by atoms with E-state index in [2.05, 4.69) is 24.4 Å². The molecule has 0 bridgehead atoms. The van der Waals surface area contributed by atoms with Crippen molar-refractivity contribution in [2.24, 2.45) is 0 Å². The van der Waals surface area contributed by atoms with Gasteiger partial charge in [-0.1, -0.05) is 31.5 Å². The van der Waals surface area contributed by atoms with Crippen LogP contribution in [0.2, 0.25) is 0 Å². The molecule has 0 saturated heterocycles. The van der Waals surface area contributed by atoms with Crippen LogP contribution in [0.5, 0.6) is 0 Å². The van der Waals surface area contributed by atoms with Gasteiger partial charge in [-0.2, -0.15) is 5.26 Å². The maximum Gasteiger partial charge on any atom is 0.101 e. The predicted molar refractivity (Wildman–Crippen MR) is 79.3 cm³/mol. The first kappa shape index (κ1) is 13.0. The predicted octanol–water partition coefficient (Wildman–Crippen LogP) is 3.84. The van der Waals surface area contributed by atoms with Crippen LogP contribution < -0.4 is 11.1 Å². The topological polar surface area (TPSA) is 61.8 Å². The highest BCUT2D eigenvalue weighted by atomic mass is 14.9. The van der Waals surface area contributed by atoms with Crippen LogP contribution in [0.15, 0.2) is 42.5 Å². The van der Waals surface area contributed by atoms with E-state index in [0.717, 1.165) is 24.2 Å². The quantitative estimate of drug-likeness (QED) is 0.812. The van der Waals surface area contributed by atoms with Crippen LogP contribution in [-0.2, 0) is 6.42 Å². The summed E-state index contributed by atoms with van der Waals surface area (Å²) in [6.07, 6.45) is 2.10. The zero-order valence-electron chi connectivity index (χ0n) is 11.0. The zero-order chi connectivity index (χ0) is 13.7. The van der Waals surface area contributed by atoms with Gasteiger partial charge in [0.05, 0.1) is 11.3 Å². The first-order valence-corrected chi connectivity index (χ1v) is 6.39. The zero-order valence-corrected chi connectivity index (χ0v) is 11.0. The van der Waals surface area contributed by atoms with Gasteiger partial charge >= 0.3 is 0 Å². The lowest BCUT2D eigenvalue weighted by molar-refractivity contribution is 0.923. The summed E-state index contributed by atoms with van der Waals surface area (Å²) in [5.41, 5.74) is 9.95. The van der Waals surface area contributed by atoms with Gasteiger partial charge < -0.3 is 11.1 Å². The molecule has 0 aliphatic rings. The lowest BCUT2D eigenvalue weighted by atomic mass is 10.1. The summed E-state index contributed by atoms with van der Waals surface area (Å²) < 4.78 is 0. The Bertz CT molecular complexity index is 612. The van der Waals surface area contributed by atoms with Crippen molar-refractivity contribution in [1.82, 2.24) is 0 Å². The maximum absolute atomic E-state index is 9.15. The van der Waals surface area contributed by atoms with Crippen molar-refractivity contribution in [3.63, 3.8) is 0 Å². The number of aryl methyl sites for hydroxylation is 1. The molecule has 0 aliphatic heterocycles. The third-order valence-electron chi connectivity index (χ3n) is 2.97. The summed E-state index contributed by atoms with van der Waals surface area (Å²) in [5.74, 6) is 0. The Morgan fingerprint density at radius 2 is 1.95 bits per heavy atom. The Balaban J connectivity index is 2.34. The summed E-state index contributed by atoms with van der Waals surface area (Å²) in [7, 11) is 0. The summed E-state index contributed by atoms with van der Waals surface area (Å²) in [4.78, 5) is 0. The van der Waals surface area contributed by atoms with Crippen LogP contribution in [-0.4, -0.2) is 0 Å². The molecule has 2 rings (SSSR count). The number of nitrogens with one attached hydrogen (secondary N) is 1. The molecule has 96 valence electrons. The third kappa shape index (κ3) is 3.05. The van der Waals surface area contributed by atoms with Crippen molar-refractivity contribution in [1.29, 1.82) is 5.26 Å². The van der Waals surface area contributed by atoms with Gasteiger partial charge in [-0.15, -0.1) is 0 Å². The minimum Gasteiger partial charge on any atom is -0.399 e. The molecular formula is C16H17N3. The monoisotopic (exact) mass is 251 g/mol. The molecule has 0 aromatic heterocycles. The highest BCUT2D eigenvalue weighted by Gasteiger charge is 2.05. The van der Waals surface area contributed by atoms with E-state index in [9.17, 15) is 0 Å². The molecule has 3 nitrogen and oxygen atoms in total. The van der Waals surface area contributed by atoms with Gasteiger partial charge in [-0.3, -0.25) is 0 Å². The SMILES string of the molecule is CCCc1ccccc1Nc1ccc(N)cc1C#N. The molecule has 0 fully saturated rings. The molecule has 0 amide bonds. The minimum absolute atomic E-state index is 0.561. The second-order valence-corrected chi connectivity index (χ2v) is 4.45. The fourth-order valence-corrected chi connectivity index (χ4v) is 2.04. The summed E-state index contributed by atoms with van der Waals surface area (Å²) >= 11 is 0. The Hall–Kier alpha value is -2.47. The van der Waals surface area contributed by atoms with Crippen molar-refractivity contribution in [2.75, 3.05) is 11.1 Å². The van der Waals surface area contributed by atoms with Gasteiger partial charge in [-0.05, 0) is 36.2 Å². The van der Waals surface area contributed by atoms with Gasteiger partial charge in [0.25, 0.3) is 0 Å². The summed E-state index contributed by atoms with van der Waals surface area (Å²) in [5, 5.41) is 12.5. The standard InChI is InChI=1S/C16H17N3/c1-2-5-12-6-3-4-7-15(12)19-16-9-8-14(18)10-13(16)11-17/h3-4,6-10,19H,2,5,18H2,1H3. The Morgan fingerprint density at radius 3 is 2.68 bits per heavy atom. The first-order chi connectivity index (χ1) is 9.24. The number of para-hydroxylation sites is 1. The lowest BCUT2D eigenvalue weighted by Crippen LogP contribution is -1.98. The highest BCUT2D eigenvalue weighted by Crippen LogP contribution is 2.25. The van der Waals surface area contributed by atoms with E-state index in [0.29, 0.717) is 11.3 Å². The number of hydrogen-bond acceptors (Lipinski definition) is 3. The van der Waals surface area contributed by atoms with E-state index in [4.69, 9.17) is 11.0 Å². The number of hydrogen-bond donors (Lipinski definition) is 2. The smallest absolute Gasteiger partial charge is 0.101 e. The number of nitrogens with two attached hydrogens (primary N) is 1. The number of anilines is 3. The van der Waals surface area contributed by atoms with E-state index in [1.54, 1.807) is 12.1 Å². The normalized spacial score (nSPS) is 9.89. The Morgan fingerprint density at radius 1 is 1.16 bits per heavy atom. The van der Waals surface area contributed by atoms with Crippen LogP contribution in [0.1, 0.15) is 24.5 Å². The molecule has 19 heavy (non-hydrogen) atoms. The number of benzene rings is 2. The van der Waals surface area contributed by atoms with Crippen LogP contribution in [0.3, 0.4) is 0 Å². The molecule has 0 aliphatic carbocycles. The molecule has 3 N–H and O–H groups in total. The average molecular weight is 251 g/mol. The van der Waals surface area contributed by atoms with Crippen LogP contribution in [0.4, 0.5) is 17.1 Å². The molecule has 0 radical (unpaired) electrons. The molecule has 0 spiro atoms. The Kier molecular flexibility index (Phi) is 4.04. The minimum atomic E-state index is 0.561. The molecule has 0 saturated carbocycles. The van der Waals surface area contributed by atoms with Crippen molar-refractivity contribution in [3.05, 3.63) is 53.6 Å². The maximum atomic E-state index is 9.15. The molecular weight excluding hydrogens is 234 g/mol. The van der Waals surface area contributed by atoms with E-state index in [-0.39, 0.29) is 0 Å². The summed E-state index contributed by atoms with van der Waals surface area (Å²) in [6.45, 7) is 2.15. The van der Waals surface area contributed by atoms with Gasteiger partial charge in [0, 0.05) is 11.4 Å². The van der Waals surface area contributed by atoms with E-state index >= 15 is 0 Å². The Labute approximate surface area is 113 Å². The number of nitriles is 1. The second-order valence-electron chi connectivity index (χ2n) is 4.45. The van der Waals surface area contributed by atoms with E-state index < -0.39 is 0 Å². The molecule has 3 heteroatoms. The van der Waals surface area contributed by atoms with Crippen molar-refractivity contribution in [3.8, 4) is 6.07 Å². The molecule has 2 aromatic rings. The van der Waals surface area contributed by atoms with E-state index in [1.807, 2.05) is 24.3 Å². The van der Waals surface area contributed by atoms with Gasteiger partial charge in [0.2, 0.25) is 0 Å². The van der Waals surface area contributed by atoms with Crippen molar-refractivity contribution in [2.45, 2.75) is 19.8 Å². The molecule has 0 heterocycles. The molecule has 0 atom stereocenters. The number of rotatable bonds is 4. The average Bonchev–Trinajstić information content (AvgIpc) is 2.43. The lowest BCUT2D eigenvalue weighted by Gasteiger charge is -2.13. The number of nitrogen functional groups attached to an aromatic ring is 1. The highest BCUT2D eigenvalue weighted by molar-refractivity contribution is 5.71. The first-order valence-electron chi connectivity index (χ1n) is 6.39. The van der Waals surface area contributed by atoms with Crippen LogP contribution >= 0.6 is 0 Å². The fourth-order valence-electron chi connectivity index (χ4n) is 2.04. The second kappa shape index (κ2) is 5.92. The van der Waals surface area contributed by atoms with Crippen molar-refractivity contribution >= 4 is 17.1 Å². The van der Waals surface area contributed by atoms with Crippen molar-refractivity contribution < 1.29 is 0 Å². The summed E-state index contributed by atoms with van der Waals surface area (Å²) in [6, 6.07) is 15.7. The van der Waals surface area contributed by atoms with E-state index in [1.165, 1.54) is 5.56 Å². The third-order valence-corrected chi connectivity index (χ3v) is 2.97. The van der Waals surface area contributed by atoms with Crippen LogP contribution in [0, 0.1) is 11.3 Å². The largest absolute Gasteiger partial charge is 0.399 e. The van der Waals surface area contributed by atoms with Gasteiger partial charge in [0.15, 0.2) is 0 Å². The molecule has 2 aromatic carbocycles. The fraction of sp³-hybridized carbons (Fsp3) is 0.188. The van der Waals surface area contributed by atoms with Crippen LogP contribution in [0.25, 0.3) is 0 Å². The van der Waals surface area contributed by atoms with Gasteiger partial charge in [0.1, 0.15) is 6.07 Å².